The summed E-state index contributed by atoms with van der Waals surface area (Å²) in [5.41, 5.74) is 0.536. The SMILES string of the molecule is CC(O)(c1ccccc1Cl)c1cccc2ccsc12. The van der Waals surface area contributed by atoms with Crippen LogP contribution in [0.4, 0.5) is 0 Å². The molecule has 0 spiro atoms. The number of halogens is 1. The van der Waals surface area contributed by atoms with E-state index in [1.807, 2.05) is 35.7 Å². The highest BCUT2D eigenvalue weighted by Crippen LogP contribution is 2.38. The molecule has 0 amide bonds. The first-order valence-corrected chi connectivity index (χ1v) is 7.30. The van der Waals surface area contributed by atoms with Gasteiger partial charge in [-0.05, 0) is 29.8 Å². The molecule has 2 aromatic carbocycles. The van der Waals surface area contributed by atoms with Gasteiger partial charge in [0.1, 0.15) is 5.60 Å². The van der Waals surface area contributed by atoms with Gasteiger partial charge >= 0.3 is 0 Å². The highest BCUT2D eigenvalue weighted by molar-refractivity contribution is 7.17. The molecule has 0 radical (unpaired) electrons. The molecule has 19 heavy (non-hydrogen) atoms. The lowest BCUT2D eigenvalue weighted by Crippen LogP contribution is -2.23. The van der Waals surface area contributed by atoms with Crippen LogP contribution in [0.15, 0.2) is 53.9 Å². The molecule has 1 unspecified atom stereocenters. The summed E-state index contributed by atoms with van der Waals surface area (Å²) in [5, 5.41) is 14.7. The molecule has 1 atom stereocenters. The maximum atomic E-state index is 11.0. The molecule has 0 saturated carbocycles. The van der Waals surface area contributed by atoms with Crippen LogP contribution in [0.25, 0.3) is 10.1 Å². The molecule has 0 aliphatic heterocycles. The quantitative estimate of drug-likeness (QED) is 0.717. The summed E-state index contributed by atoms with van der Waals surface area (Å²) in [6.07, 6.45) is 0. The number of rotatable bonds is 2. The van der Waals surface area contributed by atoms with Gasteiger partial charge in [0.15, 0.2) is 0 Å². The van der Waals surface area contributed by atoms with Gasteiger partial charge in [-0.1, -0.05) is 48.0 Å². The minimum Gasteiger partial charge on any atom is -0.381 e. The first-order valence-electron chi connectivity index (χ1n) is 6.05. The maximum Gasteiger partial charge on any atom is 0.115 e. The fourth-order valence-electron chi connectivity index (χ4n) is 2.38. The Labute approximate surface area is 121 Å². The van der Waals surface area contributed by atoms with Gasteiger partial charge in [0.25, 0.3) is 0 Å². The standard InChI is InChI=1S/C16H13ClOS/c1-16(18,12-6-2-3-8-14(12)17)13-7-4-5-11-9-10-19-15(11)13/h2-10,18H,1H3. The minimum atomic E-state index is -1.09. The Morgan fingerprint density at radius 1 is 1.00 bits per heavy atom. The normalized spacial score (nSPS) is 14.5. The Bertz CT molecular complexity index is 730. The molecule has 3 rings (SSSR count). The number of thiophene rings is 1. The van der Waals surface area contributed by atoms with Crippen molar-refractivity contribution in [1.82, 2.24) is 0 Å². The Kier molecular flexibility index (Phi) is 3.09. The predicted molar refractivity (Wildman–Crippen MR) is 81.9 cm³/mol. The van der Waals surface area contributed by atoms with E-state index in [0.717, 1.165) is 21.2 Å². The lowest BCUT2D eigenvalue weighted by molar-refractivity contribution is 0.104. The van der Waals surface area contributed by atoms with Gasteiger partial charge in [0.2, 0.25) is 0 Å². The van der Waals surface area contributed by atoms with Crippen molar-refractivity contribution in [3.05, 3.63) is 70.1 Å². The third kappa shape index (κ3) is 2.06. The molecule has 1 N–H and O–H groups in total. The highest BCUT2D eigenvalue weighted by atomic mass is 35.5. The second kappa shape index (κ2) is 4.64. The molecule has 0 bridgehead atoms. The third-order valence-corrected chi connectivity index (χ3v) is 4.69. The van der Waals surface area contributed by atoms with E-state index in [1.54, 1.807) is 24.3 Å². The molecule has 1 nitrogen and oxygen atoms in total. The third-order valence-electron chi connectivity index (χ3n) is 3.40. The molecule has 3 heteroatoms. The fourth-order valence-corrected chi connectivity index (χ4v) is 3.71. The van der Waals surface area contributed by atoms with Crippen LogP contribution in [-0.4, -0.2) is 5.11 Å². The van der Waals surface area contributed by atoms with Crippen LogP contribution in [-0.2, 0) is 5.60 Å². The van der Waals surface area contributed by atoms with E-state index in [9.17, 15) is 5.11 Å². The van der Waals surface area contributed by atoms with E-state index >= 15 is 0 Å². The number of hydrogen-bond acceptors (Lipinski definition) is 2. The average molecular weight is 289 g/mol. The number of fused-ring (bicyclic) bond motifs is 1. The molecule has 3 aromatic rings. The molecule has 0 saturated heterocycles. The summed E-state index contributed by atoms with van der Waals surface area (Å²) < 4.78 is 1.10. The predicted octanol–water partition coefficient (Wildman–Crippen LogP) is 4.81. The summed E-state index contributed by atoms with van der Waals surface area (Å²) >= 11 is 7.87. The molecule has 1 aromatic heterocycles. The number of hydrogen-bond donors (Lipinski definition) is 1. The second-order valence-corrected chi connectivity index (χ2v) is 6.02. The van der Waals surface area contributed by atoms with Gasteiger partial charge in [-0.15, -0.1) is 11.3 Å². The van der Waals surface area contributed by atoms with Crippen LogP contribution >= 0.6 is 22.9 Å². The van der Waals surface area contributed by atoms with Crippen LogP contribution in [0, 0.1) is 0 Å². The average Bonchev–Trinajstić information content (AvgIpc) is 2.86. The summed E-state index contributed by atoms with van der Waals surface area (Å²) in [4.78, 5) is 0. The highest BCUT2D eigenvalue weighted by Gasteiger charge is 2.29. The van der Waals surface area contributed by atoms with Crippen molar-refractivity contribution >= 4 is 33.0 Å². The first kappa shape index (κ1) is 12.7. The Balaban J connectivity index is 2.25. The Morgan fingerprint density at radius 2 is 1.74 bits per heavy atom. The zero-order valence-electron chi connectivity index (χ0n) is 10.4. The van der Waals surface area contributed by atoms with Crippen molar-refractivity contribution < 1.29 is 5.11 Å². The molecule has 0 aliphatic rings. The summed E-state index contributed by atoms with van der Waals surface area (Å²) in [5.74, 6) is 0. The summed E-state index contributed by atoms with van der Waals surface area (Å²) in [6, 6.07) is 15.5. The van der Waals surface area contributed by atoms with Gasteiger partial charge in [-0.2, -0.15) is 0 Å². The molecular weight excluding hydrogens is 276 g/mol. The second-order valence-electron chi connectivity index (χ2n) is 4.70. The van der Waals surface area contributed by atoms with Crippen molar-refractivity contribution in [2.75, 3.05) is 0 Å². The Hall–Kier alpha value is -1.35. The van der Waals surface area contributed by atoms with Crippen molar-refractivity contribution in [1.29, 1.82) is 0 Å². The van der Waals surface area contributed by atoms with E-state index in [4.69, 9.17) is 11.6 Å². The molecule has 1 heterocycles. The largest absolute Gasteiger partial charge is 0.381 e. The molecule has 0 aliphatic carbocycles. The molecule has 0 fully saturated rings. The number of aliphatic hydroxyl groups is 1. The lowest BCUT2D eigenvalue weighted by Gasteiger charge is -2.26. The minimum absolute atomic E-state index is 0.584. The monoisotopic (exact) mass is 288 g/mol. The Morgan fingerprint density at radius 3 is 2.53 bits per heavy atom. The zero-order valence-corrected chi connectivity index (χ0v) is 12.0. The zero-order chi connectivity index (χ0) is 13.5. The van der Waals surface area contributed by atoms with Gasteiger partial charge < -0.3 is 5.11 Å². The first-order chi connectivity index (χ1) is 9.10. The van der Waals surface area contributed by atoms with Crippen LogP contribution in [0.3, 0.4) is 0 Å². The topological polar surface area (TPSA) is 20.2 Å². The van der Waals surface area contributed by atoms with Crippen LogP contribution < -0.4 is 0 Å². The van der Waals surface area contributed by atoms with E-state index in [1.165, 1.54) is 0 Å². The van der Waals surface area contributed by atoms with Gasteiger partial charge in [-0.25, -0.2) is 0 Å². The van der Waals surface area contributed by atoms with Gasteiger partial charge in [0.05, 0.1) is 0 Å². The van der Waals surface area contributed by atoms with E-state index in [0.29, 0.717) is 5.02 Å². The van der Waals surface area contributed by atoms with Crippen LogP contribution in [0.5, 0.6) is 0 Å². The van der Waals surface area contributed by atoms with E-state index in [-0.39, 0.29) is 0 Å². The van der Waals surface area contributed by atoms with Crippen molar-refractivity contribution in [2.24, 2.45) is 0 Å². The maximum absolute atomic E-state index is 11.0. The van der Waals surface area contributed by atoms with Gasteiger partial charge in [-0.3, -0.25) is 0 Å². The van der Waals surface area contributed by atoms with Gasteiger partial charge in [0, 0.05) is 20.8 Å². The van der Waals surface area contributed by atoms with Crippen molar-refractivity contribution in [2.45, 2.75) is 12.5 Å². The summed E-state index contributed by atoms with van der Waals surface area (Å²) in [7, 11) is 0. The molecule has 96 valence electrons. The van der Waals surface area contributed by atoms with Crippen molar-refractivity contribution in [3.8, 4) is 0 Å². The number of benzene rings is 2. The van der Waals surface area contributed by atoms with E-state index < -0.39 is 5.60 Å². The smallest absolute Gasteiger partial charge is 0.115 e. The van der Waals surface area contributed by atoms with Crippen LogP contribution in [0.1, 0.15) is 18.1 Å². The van der Waals surface area contributed by atoms with Crippen LogP contribution in [0.2, 0.25) is 5.02 Å². The lowest BCUT2D eigenvalue weighted by atomic mass is 9.87. The summed E-state index contributed by atoms with van der Waals surface area (Å²) in [6.45, 7) is 1.79. The van der Waals surface area contributed by atoms with E-state index in [2.05, 4.69) is 12.1 Å². The fraction of sp³-hybridized carbons (Fsp3) is 0.125. The van der Waals surface area contributed by atoms with Crippen molar-refractivity contribution in [3.63, 3.8) is 0 Å². The molecular formula is C16H13ClOS.